The van der Waals surface area contributed by atoms with Crippen LogP contribution in [0.3, 0.4) is 0 Å². The van der Waals surface area contributed by atoms with Crippen molar-refractivity contribution >= 4 is 15.9 Å². The molecule has 0 saturated heterocycles. The van der Waals surface area contributed by atoms with Crippen molar-refractivity contribution in [3.8, 4) is 0 Å². The first-order chi connectivity index (χ1) is 8.92. The minimum absolute atomic E-state index is 0.0612. The van der Waals surface area contributed by atoms with E-state index in [0.29, 0.717) is 12.5 Å². The molecule has 0 aliphatic rings. The molecule has 0 bridgehead atoms. The molecule has 2 unspecified atom stereocenters. The summed E-state index contributed by atoms with van der Waals surface area (Å²) in [5.74, 6) is 6.12. The number of hydrazine groups is 1. The summed E-state index contributed by atoms with van der Waals surface area (Å²) < 4.78 is 8.77. The Labute approximate surface area is 124 Å². The van der Waals surface area contributed by atoms with Crippen LogP contribution in [0.15, 0.2) is 4.47 Å². The van der Waals surface area contributed by atoms with Gasteiger partial charge in [-0.2, -0.15) is 5.10 Å². The van der Waals surface area contributed by atoms with E-state index in [0.717, 1.165) is 22.3 Å². The van der Waals surface area contributed by atoms with Gasteiger partial charge in [-0.1, -0.05) is 13.8 Å². The Morgan fingerprint density at radius 3 is 2.47 bits per heavy atom. The summed E-state index contributed by atoms with van der Waals surface area (Å²) in [4.78, 5) is 0. The molecule has 3 N–H and O–H groups in total. The number of rotatable bonds is 7. The highest BCUT2D eigenvalue weighted by Crippen LogP contribution is 2.23. The zero-order valence-corrected chi connectivity index (χ0v) is 14.0. The lowest BCUT2D eigenvalue weighted by Gasteiger charge is -2.29. The van der Waals surface area contributed by atoms with Crippen molar-refractivity contribution in [3.05, 3.63) is 15.9 Å². The van der Waals surface area contributed by atoms with Gasteiger partial charge in [-0.25, -0.2) is 0 Å². The average Bonchev–Trinajstić information content (AvgIpc) is 2.59. The van der Waals surface area contributed by atoms with Crippen LogP contribution in [-0.4, -0.2) is 28.5 Å². The van der Waals surface area contributed by atoms with Gasteiger partial charge in [0.05, 0.1) is 28.0 Å². The van der Waals surface area contributed by atoms with Gasteiger partial charge in [-0.15, -0.1) is 0 Å². The molecule has 110 valence electrons. The molecule has 0 saturated carbocycles. The molecule has 0 aliphatic heterocycles. The third kappa shape index (κ3) is 4.02. The van der Waals surface area contributed by atoms with Crippen LogP contribution >= 0.6 is 15.9 Å². The summed E-state index contributed by atoms with van der Waals surface area (Å²) in [6, 6.07) is 0.0612. The molecule has 0 fully saturated rings. The highest BCUT2D eigenvalue weighted by molar-refractivity contribution is 9.10. The van der Waals surface area contributed by atoms with Crippen molar-refractivity contribution in [2.24, 2.45) is 18.8 Å². The summed E-state index contributed by atoms with van der Waals surface area (Å²) in [5.41, 5.74) is 5.02. The topological polar surface area (TPSA) is 65.1 Å². The van der Waals surface area contributed by atoms with E-state index in [1.807, 2.05) is 25.6 Å². The van der Waals surface area contributed by atoms with E-state index in [1.54, 1.807) is 0 Å². The Balaban J connectivity index is 2.91. The summed E-state index contributed by atoms with van der Waals surface area (Å²) in [7, 11) is 1.95. The van der Waals surface area contributed by atoms with Crippen molar-refractivity contribution < 1.29 is 4.74 Å². The van der Waals surface area contributed by atoms with Crippen LogP contribution < -0.4 is 11.3 Å². The lowest BCUT2D eigenvalue weighted by Crippen LogP contribution is -2.49. The number of ether oxygens (including phenoxy) is 1. The zero-order valence-electron chi connectivity index (χ0n) is 12.4. The largest absolute Gasteiger partial charge is 0.377 e. The second-order valence-electron chi connectivity index (χ2n) is 5.11. The molecule has 0 radical (unpaired) electrons. The maximum absolute atomic E-state index is 5.83. The van der Waals surface area contributed by atoms with E-state index < -0.39 is 0 Å². The van der Waals surface area contributed by atoms with Crippen molar-refractivity contribution in [1.82, 2.24) is 15.2 Å². The van der Waals surface area contributed by atoms with E-state index in [9.17, 15) is 0 Å². The minimum Gasteiger partial charge on any atom is -0.377 e. The molecule has 1 aromatic rings. The van der Waals surface area contributed by atoms with Crippen molar-refractivity contribution in [3.63, 3.8) is 0 Å². The maximum Gasteiger partial charge on any atom is 0.0767 e. The Bertz CT molecular complexity index is 406. The third-order valence-electron chi connectivity index (χ3n) is 3.30. The van der Waals surface area contributed by atoms with Crippen LogP contribution in [-0.2, 0) is 18.2 Å². The number of nitrogens with one attached hydrogen (secondary N) is 1. The van der Waals surface area contributed by atoms with Gasteiger partial charge in [-0.05, 0) is 35.7 Å². The monoisotopic (exact) mass is 332 g/mol. The van der Waals surface area contributed by atoms with Gasteiger partial charge in [-0.3, -0.25) is 16.0 Å². The van der Waals surface area contributed by atoms with Crippen molar-refractivity contribution in [2.45, 2.75) is 46.3 Å². The average molecular weight is 333 g/mol. The Kier molecular flexibility index (Phi) is 6.46. The molecule has 1 rings (SSSR count). The first kappa shape index (κ1) is 16.6. The molecular weight excluding hydrogens is 308 g/mol. The van der Waals surface area contributed by atoms with Crippen LogP contribution in [0.1, 0.15) is 32.2 Å². The van der Waals surface area contributed by atoms with Crippen LogP contribution in [0.2, 0.25) is 0 Å². The van der Waals surface area contributed by atoms with Crippen LogP contribution in [0.25, 0.3) is 0 Å². The van der Waals surface area contributed by atoms with Gasteiger partial charge >= 0.3 is 0 Å². The molecule has 5 nitrogen and oxygen atoms in total. The fraction of sp³-hybridized carbons (Fsp3) is 0.769. The summed E-state index contributed by atoms with van der Waals surface area (Å²) >= 11 is 3.59. The number of aromatic nitrogens is 2. The highest BCUT2D eigenvalue weighted by atomic mass is 79.9. The first-order valence-electron chi connectivity index (χ1n) is 6.68. The van der Waals surface area contributed by atoms with Crippen LogP contribution in [0, 0.1) is 12.8 Å². The Morgan fingerprint density at radius 1 is 1.47 bits per heavy atom. The predicted octanol–water partition coefficient (Wildman–Crippen LogP) is 1.93. The molecule has 1 heterocycles. The molecule has 6 heteroatoms. The molecule has 19 heavy (non-hydrogen) atoms. The zero-order chi connectivity index (χ0) is 14.6. The SMILES string of the molecule is CCOC(C(C)C)C(Cc1c(Br)c(C)nn1C)NN. The second-order valence-corrected chi connectivity index (χ2v) is 5.90. The van der Waals surface area contributed by atoms with Gasteiger partial charge < -0.3 is 4.74 Å². The van der Waals surface area contributed by atoms with Gasteiger partial charge in [0.15, 0.2) is 0 Å². The summed E-state index contributed by atoms with van der Waals surface area (Å²) in [6.07, 6.45) is 0.856. The van der Waals surface area contributed by atoms with Gasteiger partial charge in [0.2, 0.25) is 0 Å². The molecule has 0 spiro atoms. The number of aryl methyl sites for hydroxylation is 2. The molecule has 0 amide bonds. The first-order valence-corrected chi connectivity index (χ1v) is 7.47. The van der Waals surface area contributed by atoms with Crippen LogP contribution in [0.4, 0.5) is 0 Å². The fourth-order valence-corrected chi connectivity index (χ4v) is 2.84. The van der Waals surface area contributed by atoms with Gasteiger partial charge in [0.1, 0.15) is 0 Å². The lowest BCUT2D eigenvalue weighted by molar-refractivity contribution is 0.00313. The number of hydrogen-bond acceptors (Lipinski definition) is 4. The van der Waals surface area contributed by atoms with E-state index >= 15 is 0 Å². The van der Waals surface area contributed by atoms with Gasteiger partial charge in [0, 0.05) is 20.1 Å². The number of halogens is 1. The Morgan fingerprint density at radius 2 is 2.11 bits per heavy atom. The minimum atomic E-state index is 0.0612. The highest BCUT2D eigenvalue weighted by Gasteiger charge is 2.26. The molecule has 2 atom stereocenters. The van der Waals surface area contributed by atoms with Crippen LogP contribution in [0.5, 0.6) is 0 Å². The van der Waals surface area contributed by atoms with E-state index in [2.05, 4.69) is 40.3 Å². The smallest absolute Gasteiger partial charge is 0.0767 e. The van der Waals surface area contributed by atoms with E-state index in [-0.39, 0.29) is 12.1 Å². The Hall–Kier alpha value is -0.430. The standard InChI is InChI=1S/C13H25BrN4O/c1-6-19-13(8(2)3)10(16-15)7-11-12(14)9(4)17-18(11)5/h8,10,13,16H,6-7,15H2,1-5H3. The normalized spacial score (nSPS) is 14.9. The number of nitrogens with zero attached hydrogens (tertiary/aromatic N) is 2. The predicted molar refractivity (Wildman–Crippen MR) is 80.7 cm³/mol. The fourth-order valence-electron chi connectivity index (χ4n) is 2.35. The quantitative estimate of drug-likeness (QED) is 0.591. The second kappa shape index (κ2) is 7.38. The van der Waals surface area contributed by atoms with E-state index in [1.165, 1.54) is 0 Å². The summed E-state index contributed by atoms with van der Waals surface area (Å²) in [5, 5.41) is 4.41. The molecule has 1 aromatic heterocycles. The van der Waals surface area contributed by atoms with Gasteiger partial charge in [0.25, 0.3) is 0 Å². The summed E-state index contributed by atoms with van der Waals surface area (Å²) in [6.45, 7) is 8.98. The molecule has 0 aliphatic carbocycles. The number of hydrogen-bond donors (Lipinski definition) is 2. The molecular formula is C13H25BrN4O. The third-order valence-corrected chi connectivity index (χ3v) is 4.33. The van der Waals surface area contributed by atoms with E-state index in [4.69, 9.17) is 10.6 Å². The number of nitrogens with two attached hydrogens (primary N) is 1. The maximum atomic E-state index is 5.83. The molecule has 0 aromatic carbocycles. The van der Waals surface area contributed by atoms with Crippen molar-refractivity contribution in [1.29, 1.82) is 0 Å². The lowest BCUT2D eigenvalue weighted by atomic mass is 9.96. The van der Waals surface area contributed by atoms with Crippen molar-refractivity contribution in [2.75, 3.05) is 6.61 Å².